The predicted molar refractivity (Wildman–Crippen MR) is 96.2 cm³/mol. The van der Waals surface area contributed by atoms with E-state index in [1.165, 1.54) is 0 Å². The third kappa shape index (κ3) is 7.14. The first-order valence-corrected chi connectivity index (χ1v) is 9.12. The molecule has 1 rings (SSSR count). The van der Waals surface area contributed by atoms with Gasteiger partial charge >= 0.3 is 6.03 Å². The molecule has 0 saturated heterocycles. The Bertz CT molecular complexity index is 541. The lowest BCUT2D eigenvalue weighted by atomic mass is 10.2. The van der Waals surface area contributed by atoms with Gasteiger partial charge in [-0.3, -0.25) is 4.21 Å². The maximum atomic E-state index is 12.2. The van der Waals surface area contributed by atoms with E-state index in [0.717, 1.165) is 12.0 Å². The summed E-state index contributed by atoms with van der Waals surface area (Å²) in [4.78, 5) is 12.0. The minimum atomic E-state index is -0.967. The Labute approximate surface area is 141 Å². The Morgan fingerprint density at radius 1 is 1.35 bits per heavy atom. The zero-order valence-corrected chi connectivity index (χ0v) is 15.5. The van der Waals surface area contributed by atoms with Gasteiger partial charge in [0.05, 0.1) is 12.6 Å². The lowest BCUT2D eigenvalue weighted by Gasteiger charge is -2.18. The summed E-state index contributed by atoms with van der Waals surface area (Å²) >= 11 is 0. The van der Waals surface area contributed by atoms with Crippen LogP contribution in [0.1, 0.15) is 39.7 Å². The van der Waals surface area contributed by atoms with E-state index < -0.39 is 10.8 Å². The molecular weight excluding hydrogens is 312 g/mol. The molecule has 2 amide bonds. The molecule has 1 aromatic rings. The van der Waals surface area contributed by atoms with Crippen LogP contribution in [0.4, 0.5) is 10.5 Å². The van der Waals surface area contributed by atoms with Gasteiger partial charge in [0, 0.05) is 34.1 Å². The van der Waals surface area contributed by atoms with Gasteiger partial charge in [-0.1, -0.05) is 19.1 Å². The number of hydrogen-bond donors (Lipinski definition) is 2. The van der Waals surface area contributed by atoms with Gasteiger partial charge in [0.1, 0.15) is 0 Å². The van der Waals surface area contributed by atoms with Crippen LogP contribution >= 0.6 is 0 Å². The molecule has 1 aromatic carbocycles. The average Bonchev–Trinajstić information content (AvgIpc) is 2.46. The van der Waals surface area contributed by atoms with Gasteiger partial charge in [-0.2, -0.15) is 0 Å². The molecule has 0 fully saturated rings. The van der Waals surface area contributed by atoms with Crippen molar-refractivity contribution in [2.75, 3.05) is 19.0 Å². The largest absolute Gasteiger partial charge is 0.383 e. The molecule has 0 spiro atoms. The third-order valence-electron chi connectivity index (χ3n) is 3.36. The van der Waals surface area contributed by atoms with E-state index in [9.17, 15) is 9.00 Å². The molecule has 5 nitrogen and oxygen atoms in total. The molecular formula is C17H28N2O3S. The fraction of sp³-hybridized carbons (Fsp3) is 0.588. The van der Waals surface area contributed by atoms with E-state index in [1.54, 1.807) is 7.11 Å². The number of ether oxygens (including phenoxy) is 1. The fourth-order valence-corrected chi connectivity index (χ4v) is 2.84. The number of urea groups is 1. The summed E-state index contributed by atoms with van der Waals surface area (Å²) in [5.41, 5.74) is 1.64. The summed E-state index contributed by atoms with van der Waals surface area (Å²) in [7, 11) is 0.645. The van der Waals surface area contributed by atoms with Crippen molar-refractivity contribution >= 4 is 22.5 Å². The lowest BCUT2D eigenvalue weighted by molar-refractivity contribution is 0.165. The van der Waals surface area contributed by atoms with E-state index in [-0.39, 0.29) is 16.8 Å². The molecule has 6 heteroatoms. The zero-order chi connectivity index (χ0) is 17.5. The highest BCUT2D eigenvalue weighted by Gasteiger charge is 2.19. The Hall–Kier alpha value is -1.40. The highest BCUT2D eigenvalue weighted by atomic mass is 32.2. The van der Waals surface area contributed by atoms with Gasteiger partial charge in [-0.25, -0.2) is 4.79 Å². The van der Waals surface area contributed by atoms with Crippen molar-refractivity contribution in [1.29, 1.82) is 0 Å². The molecule has 0 aliphatic carbocycles. The molecule has 0 heterocycles. The quantitative estimate of drug-likeness (QED) is 0.800. The lowest BCUT2D eigenvalue weighted by Crippen LogP contribution is -2.40. The van der Waals surface area contributed by atoms with E-state index >= 15 is 0 Å². The van der Waals surface area contributed by atoms with Crippen LogP contribution < -0.4 is 10.6 Å². The Kier molecular flexibility index (Phi) is 7.72. The van der Waals surface area contributed by atoms with Crippen molar-refractivity contribution in [3.05, 3.63) is 29.8 Å². The smallest absolute Gasteiger partial charge is 0.319 e. The maximum Gasteiger partial charge on any atom is 0.319 e. The number of carbonyl (C=O) groups is 1. The highest BCUT2D eigenvalue weighted by molar-refractivity contribution is 7.85. The Morgan fingerprint density at radius 2 is 2.04 bits per heavy atom. The van der Waals surface area contributed by atoms with Gasteiger partial charge in [-0.15, -0.1) is 0 Å². The summed E-state index contributed by atoms with van der Waals surface area (Å²) in [6.45, 7) is 8.35. The van der Waals surface area contributed by atoms with Crippen molar-refractivity contribution in [3.63, 3.8) is 0 Å². The molecule has 0 unspecified atom stereocenters. The Morgan fingerprint density at radius 3 is 2.61 bits per heavy atom. The van der Waals surface area contributed by atoms with E-state index in [4.69, 9.17) is 4.74 Å². The van der Waals surface area contributed by atoms with Crippen molar-refractivity contribution in [1.82, 2.24) is 5.32 Å². The van der Waals surface area contributed by atoms with E-state index in [2.05, 4.69) is 10.6 Å². The van der Waals surface area contributed by atoms with Gasteiger partial charge < -0.3 is 15.4 Å². The summed E-state index contributed by atoms with van der Waals surface area (Å²) in [5, 5.41) is 5.68. The van der Waals surface area contributed by atoms with Crippen molar-refractivity contribution in [2.45, 2.75) is 50.7 Å². The summed E-state index contributed by atoms with van der Waals surface area (Å²) < 4.78 is 17.0. The number of nitrogens with one attached hydrogen (secondary N) is 2. The molecule has 0 aliphatic rings. The van der Waals surface area contributed by atoms with Crippen molar-refractivity contribution in [2.24, 2.45) is 0 Å². The van der Waals surface area contributed by atoms with Crippen LogP contribution in [-0.4, -0.2) is 34.7 Å². The van der Waals surface area contributed by atoms with Crippen LogP contribution in [0.5, 0.6) is 0 Å². The molecule has 2 N–H and O–H groups in total. The number of amides is 2. The number of carbonyl (C=O) groups excluding carboxylic acids is 1. The standard InChI is InChI=1S/C17H28N2O3S/c1-6-14(11-22-5)18-16(20)19-15-9-7-8-13(10-15)12-23(21)17(2,3)4/h7-10,14H,6,11-12H2,1-5H3,(H2,18,19,20)/t14-,23+/m1/s1. The first-order valence-electron chi connectivity index (χ1n) is 7.80. The number of anilines is 1. The molecule has 0 saturated carbocycles. The fourth-order valence-electron chi connectivity index (χ4n) is 1.92. The van der Waals surface area contributed by atoms with Crippen LogP contribution in [0.2, 0.25) is 0 Å². The van der Waals surface area contributed by atoms with Gasteiger partial charge in [-0.05, 0) is 44.9 Å². The average molecular weight is 340 g/mol. The molecule has 0 radical (unpaired) electrons. The van der Waals surface area contributed by atoms with Crippen LogP contribution in [0.15, 0.2) is 24.3 Å². The van der Waals surface area contributed by atoms with Crippen molar-refractivity contribution in [3.8, 4) is 0 Å². The Balaban J connectivity index is 2.66. The van der Waals surface area contributed by atoms with Crippen molar-refractivity contribution < 1.29 is 13.7 Å². The van der Waals surface area contributed by atoms with Crippen LogP contribution in [-0.2, 0) is 21.3 Å². The molecule has 23 heavy (non-hydrogen) atoms. The van der Waals surface area contributed by atoms with Crippen LogP contribution in [0.25, 0.3) is 0 Å². The van der Waals surface area contributed by atoms with E-state index in [0.29, 0.717) is 18.0 Å². The summed E-state index contributed by atoms with van der Waals surface area (Å²) in [5.74, 6) is 0.474. The summed E-state index contributed by atoms with van der Waals surface area (Å²) in [6.07, 6.45) is 0.797. The van der Waals surface area contributed by atoms with E-state index in [1.807, 2.05) is 52.0 Å². The molecule has 0 aromatic heterocycles. The minimum absolute atomic E-state index is 0.0171. The normalized spacial score (nSPS) is 14.1. The third-order valence-corrected chi connectivity index (χ3v) is 5.32. The molecule has 2 atom stereocenters. The SMILES string of the molecule is CC[C@H](COC)NC(=O)Nc1cccc(C[S@](=O)C(C)(C)C)c1. The number of hydrogen-bond acceptors (Lipinski definition) is 3. The number of rotatable bonds is 7. The number of benzene rings is 1. The van der Waals surface area contributed by atoms with Crippen LogP contribution in [0, 0.1) is 0 Å². The second kappa shape index (κ2) is 9.03. The highest BCUT2D eigenvalue weighted by Crippen LogP contribution is 2.18. The zero-order valence-electron chi connectivity index (χ0n) is 14.6. The molecule has 130 valence electrons. The molecule has 0 aliphatic heterocycles. The first-order chi connectivity index (χ1) is 10.8. The second-order valence-corrected chi connectivity index (χ2v) is 8.67. The maximum absolute atomic E-state index is 12.2. The number of methoxy groups -OCH3 is 1. The van der Waals surface area contributed by atoms with Crippen LogP contribution in [0.3, 0.4) is 0 Å². The predicted octanol–water partition coefficient (Wildman–Crippen LogP) is 3.28. The van der Waals surface area contributed by atoms with Gasteiger partial charge in [0.2, 0.25) is 0 Å². The monoisotopic (exact) mass is 340 g/mol. The first kappa shape index (κ1) is 19.6. The molecule has 0 bridgehead atoms. The van der Waals surface area contributed by atoms with Gasteiger partial charge in [0.15, 0.2) is 0 Å². The second-order valence-electron chi connectivity index (χ2n) is 6.46. The minimum Gasteiger partial charge on any atom is -0.383 e. The van der Waals surface area contributed by atoms with Gasteiger partial charge in [0.25, 0.3) is 0 Å². The summed E-state index contributed by atoms with van der Waals surface area (Å²) in [6, 6.07) is 7.18. The topological polar surface area (TPSA) is 67.4 Å².